The molecule has 0 radical (unpaired) electrons. The first-order chi connectivity index (χ1) is 9.86. The van der Waals surface area contributed by atoms with Crippen LogP contribution in [0.25, 0.3) is 0 Å². The standard InChI is InChI=1S/C14H17NO5S/c16-11-5-8-15(9-11)21(19,20)12-3-1-10(2-4-12)14(6-7-14)13(17)18/h1-4,11,16H,5-9H2,(H,17,18). The van der Waals surface area contributed by atoms with Gasteiger partial charge in [0.15, 0.2) is 0 Å². The smallest absolute Gasteiger partial charge is 0.314 e. The molecule has 1 atom stereocenters. The zero-order valence-corrected chi connectivity index (χ0v) is 12.2. The van der Waals surface area contributed by atoms with Crippen molar-refractivity contribution < 1.29 is 23.4 Å². The number of rotatable bonds is 4. The van der Waals surface area contributed by atoms with Crippen molar-refractivity contribution in [3.63, 3.8) is 0 Å². The maximum Gasteiger partial charge on any atom is 0.314 e. The van der Waals surface area contributed by atoms with E-state index < -0.39 is 27.5 Å². The van der Waals surface area contributed by atoms with Gasteiger partial charge < -0.3 is 10.2 Å². The lowest BCUT2D eigenvalue weighted by Gasteiger charge is -2.16. The zero-order chi connectivity index (χ0) is 15.3. The molecule has 2 fully saturated rings. The van der Waals surface area contributed by atoms with E-state index in [1.807, 2.05) is 0 Å². The molecule has 1 saturated carbocycles. The number of carboxylic acid groups (broad SMARTS) is 1. The molecular weight excluding hydrogens is 294 g/mol. The molecular formula is C14H17NO5S. The molecule has 1 aliphatic heterocycles. The fourth-order valence-corrected chi connectivity index (χ4v) is 4.27. The average molecular weight is 311 g/mol. The van der Waals surface area contributed by atoms with E-state index in [1.54, 1.807) is 12.1 Å². The minimum absolute atomic E-state index is 0.114. The van der Waals surface area contributed by atoms with Gasteiger partial charge in [0.25, 0.3) is 0 Å². The summed E-state index contributed by atoms with van der Waals surface area (Å²) in [6.07, 6.45) is 1.01. The van der Waals surface area contributed by atoms with Gasteiger partial charge in [-0.15, -0.1) is 0 Å². The molecule has 21 heavy (non-hydrogen) atoms. The number of aliphatic hydroxyl groups excluding tert-OH is 1. The molecule has 114 valence electrons. The molecule has 1 aliphatic carbocycles. The van der Waals surface area contributed by atoms with Gasteiger partial charge in [-0.3, -0.25) is 4.79 Å². The van der Waals surface area contributed by atoms with E-state index in [1.165, 1.54) is 16.4 Å². The normalized spacial score (nSPS) is 24.9. The summed E-state index contributed by atoms with van der Waals surface area (Å²) in [5, 5.41) is 18.7. The first-order valence-corrected chi connectivity index (χ1v) is 8.32. The number of aliphatic hydroxyl groups is 1. The van der Waals surface area contributed by atoms with E-state index in [2.05, 4.69) is 0 Å². The van der Waals surface area contributed by atoms with E-state index in [0.29, 0.717) is 31.4 Å². The van der Waals surface area contributed by atoms with Crippen molar-refractivity contribution in [1.82, 2.24) is 4.31 Å². The summed E-state index contributed by atoms with van der Waals surface area (Å²) in [4.78, 5) is 11.4. The predicted molar refractivity (Wildman–Crippen MR) is 74.4 cm³/mol. The van der Waals surface area contributed by atoms with Crippen molar-refractivity contribution in [2.24, 2.45) is 0 Å². The molecule has 0 aromatic heterocycles. The highest BCUT2D eigenvalue weighted by atomic mass is 32.2. The Morgan fingerprint density at radius 3 is 2.29 bits per heavy atom. The monoisotopic (exact) mass is 311 g/mol. The first-order valence-electron chi connectivity index (χ1n) is 6.88. The van der Waals surface area contributed by atoms with Gasteiger partial charge in [-0.2, -0.15) is 4.31 Å². The molecule has 0 bridgehead atoms. The van der Waals surface area contributed by atoms with Crippen molar-refractivity contribution in [2.75, 3.05) is 13.1 Å². The topological polar surface area (TPSA) is 94.9 Å². The lowest BCUT2D eigenvalue weighted by molar-refractivity contribution is -0.140. The fraction of sp³-hybridized carbons (Fsp3) is 0.500. The summed E-state index contributed by atoms with van der Waals surface area (Å²) in [6.45, 7) is 0.424. The molecule has 6 nitrogen and oxygen atoms in total. The number of hydrogen-bond donors (Lipinski definition) is 2. The van der Waals surface area contributed by atoms with Gasteiger partial charge in [0.05, 0.1) is 16.4 Å². The van der Waals surface area contributed by atoms with Gasteiger partial charge in [0, 0.05) is 13.1 Å². The lowest BCUT2D eigenvalue weighted by atomic mass is 9.96. The predicted octanol–water partition coefficient (Wildman–Crippen LogP) is 0.558. The second-order valence-electron chi connectivity index (χ2n) is 5.72. The SMILES string of the molecule is O=C(O)C1(c2ccc(S(=O)(=O)N3CCC(O)C3)cc2)CC1. The number of carboxylic acids is 1. The number of sulfonamides is 1. The van der Waals surface area contributed by atoms with Gasteiger partial charge in [-0.05, 0) is 37.0 Å². The molecule has 7 heteroatoms. The second kappa shape index (κ2) is 4.79. The van der Waals surface area contributed by atoms with Crippen molar-refractivity contribution in [3.8, 4) is 0 Å². The van der Waals surface area contributed by atoms with Crippen LogP contribution in [-0.2, 0) is 20.2 Å². The Kier molecular flexibility index (Phi) is 3.31. The fourth-order valence-electron chi connectivity index (χ4n) is 2.77. The number of benzene rings is 1. The molecule has 0 amide bonds. The van der Waals surface area contributed by atoms with Gasteiger partial charge >= 0.3 is 5.97 Å². The van der Waals surface area contributed by atoms with Crippen molar-refractivity contribution in [3.05, 3.63) is 29.8 Å². The summed E-state index contributed by atoms with van der Waals surface area (Å²) in [5.41, 5.74) is -0.179. The molecule has 1 heterocycles. The maximum absolute atomic E-state index is 12.4. The number of β-amino-alcohol motifs (C(OH)–C–C–N with tert-alkyl or cyclic N) is 1. The molecule has 2 aliphatic rings. The Bertz CT molecular complexity index is 663. The summed E-state index contributed by atoms with van der Waals surface area (Å²) >= 11 is 0. The van der Waals surface area contributed by atoms with Crippen LogP contribution < -0.4 is 0 Å². The molecule has 2 N–H and O–H groups in total. The van der Waals surface area contributed by atoms with E-state index in [-0.39, 0.29) is 11.4 Å². The van der Waals surface area contributed by atoms with Crippen LogP contribution in [0.3, 0.4) is 0 Å². The first kappa shape index (κ1) is 14.5. The molecule has 1 saturated heterocycles. The Labute approximate surface area is 123 Å². The van der Waals surface area contributed by atoms with Crippen LogP contribution >= 0.6 is 0 Å². The quantitative estimate of drug-likeness (QED) is 0.847. The minimum Gasteiger partial charge on any atom is -0.481 e. The summed E-state index contributed by atoms with van der Waals surface area (Å²) in [5.74, 6) is -0.860. The molecule has 3 rings (SSSR count). The van der Waals surface area contributed by atoms with Gasteiger partial charge in [-0.25, -0.2) is 8.42 Å². The Balaban J connectivity index is 1.86. The molecule has 1 aromatic rings. The third-order valence-corrected chi connectivity index (χ3v) is 6.21. The van der Waals surface area contributed by atoms with Crippen LogP contribution in [0.15, 0.2) is 29.2 Å². The second-order valence-corrected chi connectivity index (χ2v) is 7.66. The van der Waals surface area contributed by atoms with Crippen LogP contribution in [0.5, 0.6) is 0 Å². The minimum atomic E-state index is -3.61. The van der Waals surface area contributed by atoms with Gasteiger partial charge in [0.1, 0.15) is 0 Å². The average Bonchev–Trinajstić information content (AvgIpc) is 3.15. The number of nitrogens with zero attached hydrogens (tertiary/aromatic N) is 1. The third kappa shape index (κ3) is 2.35. The summed E-state index contributed by atoms with van der Waals surface area (Å²) in [6, 6.07) is 6.08. The highest BCUT2D eigenvalue weighted by Crippen LogP contribution is 2.48. The van der Waals surface area contributed by atoms with E-state index in [4.69, 9.17) is 0 Å². The number of hydrogen-bond acceptors (Lipinski definition) is 4. The van der Waals surface area contributed by atoms with Crippen LogP contribution in [0.4, 0.5) is 0 Å². The highest BCUT2D eigenvalue weighted by molar-refractivity contribution is 7.89. The molecule has 0 spiro atoms. The zero-order valence-electron chi connectivity index (χ0n) is 11.4. The van der Waals surface area contributed by atoms with Crippen molar-refractivity contribution in [1.29, 1.82) is 0 Å². The van der Waals surface area contributed by atoms with E-state index >= 15 is 0 Å². The number of carbonyl (C=O) groups is 1. The largest absolute Gasteiger partial charge is 0.481 e. The molecule has 1 unspecified atom stereocenters. The highest BCUT2D eigenvalue weighted by Gasteiger charge is 2.51. The lowest BCUT2D eigenvalue weighted by Crippen LogP contribution is -2.29. The van der Waals surface area contributed by atoms with Crippen LogP contribution in [0.2, 0.25) is 0 Å². The Morgan fingerprint density at radius 2 is 1.86 bits per heavy atom. The summed E-state index contributed by atoms with van der Waals surface area (Å²) < 4.78 is 26.0. The van der Waals surface area contributed by atoms with E-state index in [9.17, 15) is 23.4 Å². The van der Waals surface area contributed by atoms with Gasteiger partial charge in [0.2, 0.25) is 10.0 Å². The van der Waals surface area contributed by atoms with Crippen molar-refractivity contribution >= 4 is 16.0 Å². The van der Waals surface area contributed by atoms with Gasteiger partial charge in [-0.1, -0.05) is 12.1 Å². The molecule has 1 aromatic carbocycles. The van der Waals surface area contributed by atoms with Crippen LogP contribution in [-0.4, -0.2) is 48.1 Å². The summed E-state index contributed by atoms with van der Waals surface area (Å²) in [7, 11) is -3.61. The maximum atomic E-state index is 12.4. The van der Waals surface area contributed by atoms with Crippen LogP contribution in [0.1, 0.15) is 24.8 Å². The van der Waals surface area contributed by atoms with Crippen molar-refractivity contribution in [2.45, 2.75) is 35.7 Å². The third-order valence-electron chi connectivity index (χ3n) is 4.33. The Morgan fingerprint density at radius 1 is 1.24 bits per heavy atom. The van der Waals surface area contributed by atoms with E-state index in [0.717, 1.165) is 0 Å². The van der Waals surface area contributed by atoms with Crippen LogP contribution in [0, 0.1) is 0 Å². The Hall–Kier alpha value is -1.44. The number of aliphatic carboxylic acids is 1.